The van der Waals surface area contributed by atoms with Gasteiger partial charge in [-0.15, -0.1) is 0 Å². The number of ether oxygens (including phenoxy) is 1. The van der Waals surface area contributed by atoms with Crippen LogP contribution in [0.2, 0.25) is 0 Å². The van der Waals surface area contributed by atoms with E-state index in [0.29, 0.717) is 30.7 Å². The summed E-state index contributed by atoms with van der Waals surface area (Å²) in [6, 6.07) is 4.86. The fraction of sp³-hybridized carbons (Fsp3) is 0.556. The molecule has 1 aromatic carbocycles. The van der Waals surface area contributed by atoms with E-state index in [4.69, 9.17) is 4.74 Å². The number of amides is 1. The van der Waals surface area contributed by atoms with Gasteiger partial charge in [0, 0.05) is 24.9 Å². The van der Waals surface area contributed by atoms with Crippen molar-refractivity contribution in [3.05, 3.63) is 29.6 Å². The van der Waals surface area contributed by atoms with Crippen molar-refractivity contribution in [2.75, 3.05) is 26.2 Å². The molecule has 130 valence electrons. The number of likely N-dealkylation sites (tertiary alicyclic amines) is 1. The molecule has 1 amide bonds. The zero-order valence-electron chi connectivity index (χ0n) is 13.9. The van der Waals surface area contributed by atoms with Crippen LogP contribution in [-0.4, -0.2) is 42.8 Å². The second kappa shape index (κ2) is 8.24. The second-order valence-corrected chi connectivity index (χ2v) is 6.34. The summed E-state index contributed by atoms with van der Waals surface area (Å²) < 4.78 is 19.8. The van der Waals surface area contributed by atoms with Gasteiger partial charge in [-0.3, -0.25) is 4.79 Å². The van der Waals surface area contributed by atoms with Crippen LogP contribution in [0.25, 0.3) is 0 Å². The van der Waals surface area contributed by atoms with E-state index >= 15 is 0 Å². The van der Waals surface area contributed by atoms with E-state index in [1.807, 2.05) is 0 Å². The van der Waals surface area contributed by atoms with E-state index in [1.54, 1.807) is 12.1 Å². The molecule has 0 atom stereocenters. The van der Waals surface area contributed by atoms with Gasteiger partial charge in [0.05, 0.1) is 12.3 Å². The van der Waals surface area contributed by atoms with Crippen molar-refractivity contribution in [3.63, 3.8) is 0 Å². The summed E-state index contributed by atoms with van der Waals surface area (Å²) in [5.74, 6) is -0.212. The molecule has 1 aromatic rings. The first-order valence-electron chi connectivity index (χ1n) is 8.73. The van der Waals surface area contributed by atoms with Crippen LogP contribution in [0.5, 0.6) is 5.75 Å². The van der Waals surface area contributed by atoms with Crippen LogP contribution in [0.3, 0.4) is 0 Å². The standard InChI is InChI=1S/C18H24FN3O2/c19-15-13-14(16-6-8-18(23)21-20-16)5-7-17(15)24-12-4-11-22-9-2-1-3-10-22/h5,7,13H,1-4,6,8-12H2,(H,21,23). The number of rotatable bonds is 6. The lowest BCUT2D eigenvalue weighted by Gasteiger charge is -2.26. The Morgan fingerprint density at radius 1 is 1.21 bits per heavy atom. The highest BCUT2D eigenvalue weighted by molar-refractivity contribution is 6.04. The molecule has 0 radical (unpaired) electrons. The summed E-state index contributed by atoms with van der Waals surface area (Å²) in [7, 11) is 0. The number of carbonyl (C=O) groups is 1. The summed E-state index contributed by atoms with van der Waals surface area (Å²) in [6.45, 7) is 3.86. The molecule has 2 heterocycles. The molecule has 2 aliphatic rings. The fourth-order valence-electron chi connectivity index (χ4n) is 3.13. The summed E-state index contributed by atoms with van der Waals surface area (Å²) >= 11 is 0. The molecule has 2 aliphatic heterocycles. The molecule has 0 bridgehead atoms. The fourth-order valence-corrected chi connectivity index (χ4v) is 3.13. The van der Waals surface area contributed by atoms with Gasteiger partial charge < -0.3 is 9.64 Å². The molecule has 3 rings (SSSR count). The van der Waals surface area contributed by atoms with Crippen LogP contribution in [-0.2, 0) is 4.79 Å². The number of carbonyl (C=O) groups excluding carboxylic acids is 1. The van der Waals surface area contributed by atoms with Crippen molar-refractivity contribution < 1.29 is 13.9 Å². The minimum absolute atomic E-state index is 0.104. The molecule has 1 fully saturated rings. The number of hydrogen-bond acceptors (Lipinski definition) is 4. The average molecular weight is 333 g/mol. The first-order chi connectivity index (χ1) is 11.7. The maximum Gasteiger partial charge on any atom is 0.240 e. The van der Waals surface area contributed by atoms with E-state index in [0.717, 1.165) is 13.0 Å². The third-order valence-corrected chi connectivity index (χ3v) is 4.49. The van der Waals surface area contributed by atoms with Gasteiger partial charge >= 0.3 is 0 Å². The molecule has 0 saturated carbocycles. The summed E-state index contributed by atoms with van der Waals surface area (Å²) in [5.41, 5.74) is 3.82. The molecule has 0 unspecified atom stereocenters. The van der Waals surface area contributed by atoms with Crippen LogP contribution in [0.15, 0.2) is 23.3 Å². The van der Waals surface area contributed by atoms with Crippen LogP contribution in [0, 0.1) is 5.82 Å². The van der Waals surface area contributed by atoms with Gasteiger partial charge in [-0.05, 0) is 50.6 Å². The molecule has 24 heavy (non-hydrogen) atoms. The topological polar surface area (TPSA) is 53.9 Å². The maximum absolute atomic E-state index is 14.2. The van der Waals surface area contributed by atoms with Crippen molar-refractivity contribution in [2.24, 2.45) is 5.10 Å². The Morgan fingerprint density at radius 2 is 2.04 bits per heavy atom. The quantitative estimate of drug-likeness (QED) is 0.815. The van der Waals surface area contributed by atoms with Gasteiger partial charge in [0.25, 0.3) is 0 Å². The first kappa shape index (κ1) is 16.9. The monoisotopic (exact) mass is 333 g/mol. The van der Waals surface area contributed by atoms with E-state index in [2.05, 4.69) is 15.4 Å². The van der Waals surface area contributed by atoms with Crippen LogP contribution >= 0.6 is 0 Å². The molecular formula is C18H24FN3O2. The Morgan fingerprint density at radius 3 is 2.75 bits per heavy atom. The molecule has 0 aromatic heterocycles. The molecule has 1 N–H and O–H groups in total. The van der Waals surface area contributed by atoms with Gasteiger partial charge in [-0.25, -0.2) is 9.82 Å². The Kier molecular flexibility index (Phi) is 5.80. The normalized spacial score (nSPS) is 18.9. The Labute approximate surface area is 141 Å². The van der Waals surface area contributed by atoms with Crippen molar-refractivity contribution in [3.8, 4) is 5.75 Å². The molecule has 1 saturated heterocycles. The molecule has 6 heteroatoms. The predicted octanol–water partition coefficient (Wildman–Crippen LogP) is 2.69. The van der Waals surface area contributed by atoms with E-state index in [-0.39, 0.29) is 17.5 Å². The number of halogens is 1. The molecular weight excluding hydrogens is 309 g/mol. The minimum atomic E-state index is -0.384. The van der Waals surface area contributed by atoms with Crippen molar-refractivity contribution in [2.45, 2.75) is 38.5 Å². The summed E-state index contributed by atoms with van der Waals surface area (Å²) in [4.78, 5) is 13.6. The van der Waals surface area contributed by atoms with Crippen LogP contribution in [0.4, 0.5) is 4.39 Å². The van der Waals surface area contributed by atoms with Crippen LogP contribution < -0.4 is 10.2 Å². The summed E-state index contributed by atoms with van der Waals surface area (Å²) in [5, 5.41) is 3.98. The van der Waals surface area contributed by atoms with Crippen molar-refractivity contribution in [1.29, 1.82) is 0 Å². The number of hydrazone groups is 1. The SMILES string of the molecule is O=C1CCC(c2ccc(OCCCN3CCCCC3)c(F)c2)=NN1. The van der Waals surface area contributed by atoms with Gasteiger partial charge in [-0.1, -0.05) is 6.42 Å². The third kappa shape index (κ3) is 4.54. The van der Waals surface area contributed by atoms with Gasteiger partial charge in [0.1, 0.15) is 0 Å². The Balaban J connectivity index is 1.48. The highest BCUT2D eigenvalue weighted by Crippen LogP contribution is 2.21. The zero-order chi connectivity index (χ0) is 16.8. The Bertz CT molecular complexity index is 612. The second-order valence-electron chi connectivity index (χ2n) is 6.34. The van der Waals surface area contributed by atoms with Gasteiger partial charge in [0.2, 0.25) is 5.91 Å². The van der Waals surface area contributed by atoms with Gasteiger partial charge in [-0.2, -0.15) is 5.10 Å². The first-order valence-corrected chi connectivity index (χ1v) is 8.73. The average Bonchev–Trinajstić information content (AvgIpc) is 2.61. The molecule has 0 spiro atoms. The van der Waals surface area contributed by atoms with Crippen molar-refractivity contribution in [1.82, 2.24) is 10.3 Å². The lowest BCUT2D eigenvalue weighted by atomic mass is 10.0. The lowest BCUT2D eigenvalue weighted by Crippen LogP contribution is -2.31. The Hall–Kier alpha value is -1.95. The van der Waals surface area contributed by atoms with E-state index in [9.17, 15) is 9.18 Å². The number of nitrogens with one attached hydrogen (secondary N) is 1. The zero-order valence-corrected chi connectivity index (χ0v) is 13.9. The summed E-state index contributed by atoms with van der Waals surface area (Å²) in [6.07, 6.45) is 5.71. The van der Waals surface area contributed by atoms with E-state index < -0.39 is 0 Å². The van der Waals surface area contributed by atoms with E-state index in [1.165, 1.54) is 38.4 Å². The molecule has 5 nitrogen and oxygen atoms in total. The smallest absolute Gasteiger partial charge is 0.240 e. The minimum Gasteiger partial charge on any atom is -0.490 e. The lowest BCUT2D eigenvalue weighted by molar-refractivity contribution is -0.121. The number of piperidine rings is 1. The largest absolute Gasteiger partial charge is 0.490 e. The highest BCUT2D eigenvalue weighted by atomic mass is 19.1. The number of nitrogens with zero attached hydrogens (tertiary/aromatic N) is 2. The van der Waals surface area contributed by atoms with Crippen molar-refractivity contribution >= 4 is 11.6 Å². The highest BCUT2D eigenvalue weighted by Gasteiger charge is 2.15. The van der Waals surface area contributed by atoms with Gasteiger partial charge in [0.15, 0.2) is 11.6 Å². The predicted molar refractivity (Wildman–Crippen MR) is 90.7 cm³/mol. The van der Waals surface area contributed by atoms with Crippen LogP contribution in [0.1, 0.15) is 44.1 Å². The maximum atomic E-state index is 14.2. The third-order valence-electron chi connectivity index (χ3n) is 4.49. The molecule has 0 aliphatic carbocycles. The number of hydrogen-bond donors (Lipinski definition) is 1. The number of benzene rings is 1.